The summed E-state index contributed by atoms with van der Waals surface area (Å²) >= 11 is 1.38. The molecule has 2 aromatic rings. The fraction of sp³-hybridized carbons (Fsp3) is 0.524. The summed E-state index contributed by atoms with van der Waals surface area (Å²) in [6.07, 6.45) is 5.11. The number of thiazole rings is 1. The molecule has 0 radical (unpaired) electrons. The Morgan fingerprint density at radius 2 is 1.76 bits per heavy atom. The maximum absolute atomic E-state index is 12.9. The Hall–Kier alpha value is -1.77. The van der Waals surface area contributed by atoms with Crippen molar-refractivity contribution in [3.63, 3.8) is 0 Å². The molecule has 1 aromatic carbocycles. The molecule has 1 fully saturated rings. The molecule has 6 nitrogen and oxygen atoms in total. The van der Waals surface area contributed by atoms with Gasteiger partial charge in [0.05, 0.1) is 10.6 Å². The highest BCUT2D eigenvalue weighted by Crippen LogP contribution is 2.28. The number of benzene rings is 1. The molecule has 29 heavy (non-hydrogen) atoms. The van der Waals surface area contributed by atoms with Gasteiger partial charge < -0.3 is 0 Å². The molecule has 3 rings (SSSR count). The maximum atomic E-state index is 12.9. The van der Waals surface area contributed by atoms with E-state index in [-0.39, 0.29) is 22.3 Å². The van der Waals surface area contributed by atoms with Gasteiger partial charge in [0.15, 0.2) is 5.13 Å². The largest absolute Gasteiger partial charge is 0.298 e. The molecule has 1 saturated carbocycles. The summed E-state index contributed by atoms with van der Waals surface area (Å²) in [5.41, 5.74) is 1.24. The number of amides is 1. The standard InChI is InChI=1S/C21H29N3O3S2/c1-21(2,3)18-14-28-20(22-18)23-19(25)15-10-12-17(13-11-15)29(26,27)24(4)16-8-6-5-7-9-16/h10-14,16H,5-9H2,1-4H3,(H,22,23,25). The van der Waals surface area contributed by atoms with Crippen LogP contribution in [0.4, 0.5) is 5.13 Å². The third-order valence-corrected chi connectivity index (χ3v) is 8.06. The van der Waals surface area contributed by atoms with E-state index in [1.807, 2.05) is 5.38 Å². The van der Waals surface area contributed by atoms with Gasteiger partial charge in [-0.25, -0.2) is 13.4 Å². The van der Waals surface area contributed by atoms with Crippen molar-refractivity contribution in [3.8, 4) is 0 Å². The number of sulfonamides is 1. The van der Waals surface area contributed by atoms with Crippen LogP contribution in [0.3, 0.4) is 0 Å². The summed E-state index contributed by atoms with van der Waals surface area (Å²) in [7, 11) is -1.91. The number of carbonyl (C=O) groups excluding carboxylic acids is 1. The Kier molecular flexibility index (Phi) is 6.45. The first kappa shape index (κ1) is 21.9. The van der Waals surface area contributed by atoms with Gasteiger partial charge in [-0.1, -0.05) is 40.0 Å². The van der Waals surface area contributed by atoms with Crippen LogP contribution in [-0.2, 0) is 15.4 Å². The third kappa shape index (κ3) is 5.05. The maximum Gasteiger partial charge on any atom is 0.257 e. The fourth-order valence-corrected chi connectivity index (χ4v) is 5.78. The van der Waals surface area contributed by atoms with Gasteiger partial charge in [-0.05, 0) is 37.1 Å². The van der Waals surface area contributed by atoms with Crippen LogP contribution in [-0.4, -0.2) is 36.7 Å². The monoisotopic (exact) mass is 435 g/mol. The Labute approximate surface area is 177 Å². The lowest BCUT2D eigenvalue weighted by molar-refractivity contribution is 0.102. The molecular formula is C21H29N3O3S2. The van der Waals surface area contributed by atoms with E-state index in [4.69, 9.17) is 0 Å². The second kappa shape index (κ2) is 8.53. The smallest absolute Gasteiger partial charge is 0.257 e. The third-order valence-electron chi connectivity index (χ3n) is 5.38. The quantitative estimate of drug-likeness (QED) is 0.742. The van der Waals surface area contributed by atoms with Gasteiger partial charge in [0.25, 0.3) is 5.91 Å². The highest BCUT2D eigenvalue weighted by Gasteiger charge is 2.29. The number of hydrogen-bond acceptors (Lipinski definition) is 5. The molecule has 1 N–H and O–H groups in total. The molecule has 0 saturated heterocycles. The van der Waals surface area contributed by atoms with Crippen LogP contribution in [0.1, 0.15) is 68.9 Å². The normalized spacial score (nSPS) is 16.2. The van der Waals surface area contributed by atoms with Crippen molar-refractivity contribution >= 4 is 32.4 Å². The minimum atomic E-state index is -3.56. The molecular weight excluding hydrogens is 406 g/mol. The van der Waals surface area contributed by atoms with Crippen LogP contribution in [0.5, 0.6) is 0 Å². The summed E-state index contributed by atoms with van der Waals surface area (Å²) in [6.45, 7) is 6.20. The molecule has 158 valence electrons. The molecule has 0 bridgehead atoms. The first-order chi connectivity index (χ1) is 13.6. The number of carbonyl (C=O) groups is 1. The van der Waals surface area contributed by atoms with Gasteiger partial charge in [-0.15, -0.1) is 11.3 Å². The Morgan fingerprint density at radius 1 is 1.14 bits per heavy atom. The lowest BCUT2D eigenvalue weighted by Gasteiger charge is -2.30. The zero-order valence-electron chi connectivity index (χ0n) is 17.4. The van der Waals surface area contributed by atoms with Crippen LogP contribution >= 0.6 is 11.3 Å². The Bertz CT molecular complexity index is 954. The molecule has 1 aromatic heterocycles. The van der Waals surface area contributed by atoms with Crippen molar-refractivity contribution in [2.45, 2.75) is 69.2 Å². The van der Waals surface area contributed by atoms with Gasteiger partial charge in [0.2, 0.25) is 10.0 Å². The average molecular weight is 436 g/mol. The van der Waals surface area contributed by atoms with Gasteiger partial charge >= 0.3 is 0 Å². The Morgan fingerprint density at radius 3 is 2.31 bits per heavy atom. The summed E-state index contributed by atoms with van der Waals surface area (Å²) < 4.78 is 27.3. The molecule has 0 unspecified atom stereocenters. The van der Waals surface area contributed by atoms with E-state index in [0.717, 1.165) is 31.4 Å². The van der Waals surface area contributed by atoms with Crippen molar-refractivity contribution in [2.75, 3.05) is 12.4 Å². The molecule has 1 heterocycles. The first-order valence-electron chi connectivity index (χ1n) is 9.94. The molecule has 0 atom stereocenters. The number of rotatable bonds is 5. The molecule has 8 heteroatoms. The minimum absolute atomic E-state index is 0.0543. The van der Waals surface area contributed by atoms with Crippen molar-refractivity contribution in [3.05, 3.63) is 40.9 Å². The predicted molar refractivity (Wildman–Crippen MR) is 117 cm³/mol. The molecule has 1 amide bonds. The van der Waals surface area contributed by atoms with Crippen LogP contribution in [0, 0.1) is 0 Å². The van der Waals surface area contributed by atoms with E-state index >= 15 is 0 Å². The van der Waals surface area contributed by atoms with Crippen LogP contribution in [0.2, 0.25) is 0 Å². The minimum Gasteiger partial charge on any atom is -0.298 e. The predicted octanol–water partition coefficient (Wildman–Crippen LogP) is 4.65. The summed E-state index contributed by atoms with van der Waals surface area (Å²) in [5.74, 6) is -0.301. The highest BCUT2D eigenvalue weighted by atomic mass is 32.2. The van der Waals surface area contributed by atoms with Crippen LogP contribution < -0.4 is 5.32 Å². The number of aromatic nitrogens is 1. The first-order valence-corrected chi connectivity index (χ1v) is 12.3. The van der Waals surface area contributed by atoms with E-state index in [2.05, 4.69) is 31.1 Å². The molecule has 0 aliphatic heterocycles. The summed E-state index contributed by atoms with van der Waals surface area (Å²) in [5, 5.41) is 5.26. The molecule has 1 aliphatic rings. The van der Waals surface area contributed by atoms with E-state index in [1.165, 1.54) is 34.2 Å². The average Bonchev–Trinajstić information content (AvgIpc) is 3.17. The fourth-order valence-electron chi connectivity index (χ4n) is 3.43. The molecule has 1 aliphatic carbocycles. The van der Waals surface area contributed by atoms with E-state index in [1.54, 1.807) is 19.2 Å². The van der Waals surface area contributed by atoms with Crippen molar-refractivity contribution in [1.29, 1.82) is 0 Å². The molecule has 0 spiro atoms. The van der Waals surface area contributed by atoms with Crippen molar-refractivity contribution in [2.24, 2.45) is 0 Å². The van der Waals surface area contributed by atoms with Crippen LogP contribution in [0.25, 0.3) is 0 Å². The lowest BCUT2D eigenvalue weighted by atomic mass is 9.93. The van der Waals surface area contributed by atoms with Crippen LogP contribution in [0.15, 0.2) is 34.5 Å². The topological polar surface area (TPSA) is 79.4 Å². The van der Waals surface area contributed by atoms with Gasteiger partial charge in [-0.3, -0.25) is 10.1 Å². The number of hydrogen-bond donors (Lipinski definition) is 1. The zero-order valence-corrected chi connectivity index (χ0v) is 19.1. The Balaban J connectivity index is 1.70. The van der Waals surface area contributed by atoms with Crippen molar-refractivity contribution in [1.82, 2.24) is 9.29 Å². The second-order valence-corrected chi connectivity index (χ2v) is 11.4. The van der Waals surface area contributed by atoms with Gasteiger partial charge in [0.1, 0.15) is 0 Å². The van der Waals surface area contributed by atoms with E-state index in [9.17, 15) is 13.2 Å². The van der Waals surface area contributed by atoms with Crippen molar-refractivity contribution < 1.29 is 13.2 Å². The summed E-state index contributed by atoms with van der Waals surface area (Å²) in [4.78, 5) is 17.2. The highest BCUT2D eigenvalue weighted by molar-refractivity contribution is 7.89. The number of nitrogens with zero attached hydrogens (tertiary/aromatic N) is 2. The zero-order chi connectivity index (χ0) is 21.2. The van der Waals surface area contributed by atoms with E-state index < -0.39 is 10.0 Å². The van der Waals surface area contributed by atoms with Gasteiger partial charge in [0, 0.05) is 29.4 Å². The summed E-state index contributed by atoms with van der Waals surface area (Å²) in [6, 6.07) is 6.17. The van der Waals surface area contributed by atoms with E-state index in [0.29, 0.717) is 10.7 Å². The second-order valence-electron chi connectivity index (χ2n) is 8.58. The van der Waals surface area contributed by atoms with Gasteiger partial charge in [-0.2, -0.15) is 4.31 Å². The SMILES string of the molecule is CN(C1CCCCC1)S(=O)(=O)c1ccc(C(=O)Nc2nc(C(C)(C)C)cs2)cc1. The lowest BCUT2D eigenvalue weighted by Crippen LogP contribution is -2.38. The number of nitrogens with one attached hydrogen (secondary N) is 1. The number of anilines is 1.